The largest absolute Gasteiger partial charge is 0.366 e. The summed E-state index contributed by atoms with van der Waals surface area (Å²) in [6, 6.07) is 3.71. The van der Waals surface area contributed by atoms with Gasteiger partial charge in [-0.15, -0.1) is 0 Å². The highest BCUT2D eigenvalue weighted by Crippen LogP contribution is 2.54. The molecule has 114 valence electrons. The van der Waals surface area contributed by atoms with Gasteiger partial charge in [-0.2, -0.15) is 5.26 Å². The van der Waals surface area contributed by atoms with Crippen LogP contribution in [0.1, 0.15) is 37.7 Å². The van der Waals surface area contributed by atoms with Gasteiger partial charge in [0.15, 0.2) is 0 Å². The van der Waals surface area contributed by atoms with E-state index in [4.69, 9.17) is 0 Å². The van der Waals surface area contributed by atoms with E-state index in [0.29, 0.717) is 23.7 Å². The zero-order valence-electron chi connectivity index (χ0n) is 12.2. The van der Waals surface area contributed by atoms with Gasteiger partial charge in [0.25, 0.3) is 5.69 Å². The lowest BCUT2D eigenvalue weighted by Gasteiger charge is -2.54. The van der Waals surface area contributed by atoms with Crippen molar-refractivity contribution in [2.24, 2.45) is 23.7 Å². The summed E-state index contributed by atoms with van der Waals surface area (Å²) in [5.41, 5.74) is 0.134. The lowest BCUT2D eigenvalue weighted by Crippen LogP contribution is -2.51. The Morgan fingerprint density at radius 1 is 1.23 bits per heavy atom. The van der Waals surface area contributed by atoms with Crippen molar-refractivity contribution in [3.63, 3.8) is 0 Å². The van der Waals surface area contributed by atoms with Crippen LogP contribution in [0.25, 0.3) is 0 Å². The second-order valence-electron chi connectivity index (χ2n) is 7.06. The molecule has 1 aromatic rings. The Morgan fingerprint density at radius 3 is 2.41 bits per heavy atom. The van der Waals surface area contributed by atoms with Gasteiger partial charge in [0.05, 0.1) is 4.92 Å². The summed E-state index contributed by atoms with van der Waals surface area (Å²) < 4.78 is 0. The van der Waals surface area contributed by atoms with Gasteiger partial charge in [-0.05, 0) is 55.8 Å². The average Bonchev–Trinajstić information content (AvgIpc) is 2.50. The number of nitrogens with zero attached hydrogens (tertiary/aromatic N) is 3. The highest BCUT2D eigenvalue weighted by Gasteiger charge is 2.48. The first-order valence-electron chi connectivity index (χ1n) is 7.95. The Labute approximate surface area is 128 Å². The highest BCUT2D eigenvalue weighted by atomic mass is 16.6. The monoisotopic (exact) mass is 298 g/mol. The van der Waals surface area contributed by atoms with Gasteiger partial charge in [-0.1, -0.05) is 0 Å². The Balaban J connectivity index is 1.59. The number of hydrogen-bond acceptors (Lipinski definition) is 5. The minimum Gasteiger partial charge on any atom is -0.366 e. The van der Waals surface area contributed by atoms with E-state index in [9.17, 15) is 15.4 Å². The van der Waals surface area contributed by atoms with E-state index in [1.54, 1.807) is 0 Å². The van der Waals surface area contributed by atoms with Crippen LogP contribution in [0.3, 0.4) is 0 Å². The van der Waals surface area contributed by atoms with E-state index in [-0.39, 0.29) is 11.3 Å². The van der Waals surface area contributed by atoms with Crippen molar-refractivity contribution in [1.82, 2.24) is 4.98 Å². The van der Waals surface area contributed by atoms with E-state index in [2.05, 4.69) is 10.3 Å². The van der Waals surface area contributed by atoms with Gasteiger partial charge in [0.1, 0.15) is 23.6 Å². The third-order valence-corrected chi connectivity index (χ3v) is 5.73. The van der Waals surface area contributed by atoms with E-state index in [0.717, 1.165) is 11.8 Å². The van der Waals surface area contributed by atoms with Crippen molar-refractivity contribution in [3.05, 3.63) is 27.9 Å². The first-order chi connectivity index (χ1) is 10.6. The fourth-order valence-electron chi connectivity index (χ4n) is 5.07. The zero-order valence-corrected chi connectivity index (χ0v) is 12.2. The van der Waals surface area contributed by atoms with E-state index in [1.807, 2.05) is 6.07 Å². The molecule has 22 heavy (non-hydrogen) atoms. The van der Waals surface area contributed by atoms with Crippen molar-refractivity contribution in [2.45, 2.75) is 38.1 Å². The van der Waals surface area contributed by atoms with Crippen molar-refractivity contribution in [1.29, 1.82) is 5.26 Å². The van der Waals surface area contributed by atoms with Gasteiger partial charge >= 0.3 is 0 Å². The molecule has 1 N–H and O–H groups in total. The molecule has 4 saturated carbocycles. The smallest absolute Gasteiger partial charge is 0.289 e. The minimum absolute atomic E-state index is 0.132. The quantitative estimate of drug-likeness (QED) is 0.683. The summed E-state index contributed by atoms with van der Waals surface area (Å²) in [7, 11) is 0. The molecule has 0 aliphatic heterocycles. The summed E-state index contributed by atoms with van der Waals surface area (Å²) in [5.74, 6) is 3.62. The molecule has 4 bridgehead atoms. The number of nitriles is 1. The fourth-order valence-corrected chi connectivity index (χ4v) is 5.07. The predicted molar refractivity (Wildman–Crippen MR) is 80.1 cm³/mol. The average molecular weight is 298 g/mol. The summed E-state index contributed by atoms with van der Waals surface area (Å²) in [5, 5.41) is 23.5. The number of anilines is 1. The number of nitrogens with one attached hydrogen (secondary N) is 1. The van der Waals surface area contributed by atoms with Crippen molar-refractivity contribution >= 4 is 11.5 Å². The third kappa shape index (κ3) is 2.12. The van der Waals surface area contributed by atoms with Gasteiger partial charge in [0, 0.05) is 12.1 Å². The van der Waals surface area contributed by atoms with Crippen LogP contribution in [0.4, 0.5) is 11.5 Å². The fraction of sp³-hybridized carbons (Fsp3) is 0.625. The predicted octanol–water partition coefficient (Wildman–Crippen LogP) is 3.10. The Hall–Kier alpha value is -2.16. The lowest BCUT2D eigenvalue weighted by atomic mass is 9.54. The topological polar surface area (TPSA) is 91.8 Å². The van der Waals surface area contributed by atoms with Crippen molar-refractivity contribution < 1.29 is 4.92 Å². The van der Waals surface area contributed by atoms with Crippen LogP contribution in [0.5, 0.6) is 0 Å². The summed E-state index contributed by atoms with van der Waals surface area (Å²) in [4.78, 5) is 14.4. The molecule has 0 aromatic carbocycles. The van der Waals surface area contributed by atoms with Crippen LogP contribution in [-0.4, -0.2) is 15.9 Å². The second-order valence-corrected chi connectivity index (χ2v) is 7.06. The number of nitro groups is 1. The van der Waals surface area contributed by atoms with E-state index >= 15 is 0 Å². The molecular weight excluding hydrogens is 280 g/mol. The van der Waals surface area contributed by atoms with Crippen LogP contribution in [-0.2, 0) is 0 Å². The summed E-state index contributed by atoms with van der Waals surface area (Å²) in [6.07, 6.45) is 7.75. The van der Waals surface area contributed by atoms with Crippen LogP contribution in [0.15, 0.2) is 12.3 Å². The molecule has 0 unspecified atom stereocenters. The molecule has 4 fully saturated rings. The molecule has 5 rings (SSSR count). The maximum absolute atomic E-state index is 10.8. The SMILES string of the molecule is N#Cc1cc([N+](=O)[O-])cnc1NC1C2CC3CC(C2)CC1C3. The zero-order chi connectivity index (χ0) is 15.3. The van der Waals surface area contributed by atoms with Gasteiger partial charge in [-0.3, -0.25) is 10.1 Å². The number of hydrogen-bond donors (Lipinski definition) is 1. The molecular formula is C16H18N4O2. The normalized spacial score (nSPS) is 35.1. The van der Waals surface area contributed by atoms with Crippen molar-refractivity contribution in [3.8, 4) is 6.07 Å². The first kappa shape index (κ1) is 13.5. The molecule has 1 aromatic heterocycles. The van der Waals surface area contributed by atoms with Crippen LogP contribution >= 0.6 is 0 Å². The molecule has 1 heterocycles. The second kappa shape index (κ2) is 4.94. The number of aromatic nitrogens is 1. The van der Waals surface area contributed by atoms with Gasteiger partial charge in [0.2, 0.25) is 0 Å². The molecule has 0 spiro atoms. The molecule has 6 heteroatoms. The molecule has 0 atom stereocenters. The number of pyridine rings is 1. The summed E-state index contributed by atoms with van der Waals surface area (Å²) in [6.45, 7) is 0. The molecule has 4 aliphatic rings. The maximum atomic E-state index is 10.8. The first-order valence-corrected chi connectivity index (χ1v) is 7.95. The maximum Gasteiger partial charge on any atom is 0.289 e. The van der Waals surface area contributed by atoms with Crippen LogP contribution < -0.4 is 5.32 Å². The van der Waals surface area contributed by atoms with E-state index < -0.39 is 4.92 Å². The Bertz CT molecular complexity index is 639. The summed E-state index contributed by atoms with van der Waals surface area (Å²) >= 11 is 0. The molecule has 0 radical (unpaired) electrons. The van der Waals surface area contributed by atoms with Crippen molar-refractivity contribution in [2.75, 3.05) is 5.32 Å². The third-order valence-electron chi connectivity index (χ3n) is 5.73. The molecule has 0 amide bonds. The van der Waals surface area contributed by atoms with Gasteiger partial charge in [-0.25, -0.2) is 4.98 Å². The number of rotatable bonds is 3. The molecule has 4 aliphatic carbocycles. The highest BCUT2D eigenvalue weighted by molar-refractivity contribution is 5.56. The molecule has 6 nitrogen and oxygen atoms in total. The van der Waals surface area contributed by atoms with Gasteiger partial charge < -0.3 is 5.32 Å². The Kier molecular flexibility index (Phi) is 3.03. The van der Waals surface area contributed by atoms with Crippen LogP contribution in [0, 0.1) is 45.1 Å². The molecule has 0 saturated heterocycles. The standard InChI is InChI=1S/C16H18N4O2/c17-7-13-6-14(20(21)22)8-18-16(13)19-15-11-2-9-1-10(4-11)5-12(15)3-9/h6,8-12,15H,1-5H2,(H,18,19). The van der Waals surface area contributed by atoms with E-state index in [1.165, 1.54) is 44.4 Å². The Morgan fingerprint density at radius 2 is 1.86 bits per heavy atom. The minimum atomic E-state index is -0.513. The van der Waals surface area contributed by atoms with Crippen LogP contribution in [0.2, 0.25) is 0 Å². The lowest BCUT2D eigenvalue weighted by molar-refractivity contribution is -0.385.